The van der Waals surface area contributed by atoms with Crippen LogP contribution >= 0.6 is 34.4 Å². The summed E-state index contributed by atoms with van der Waals surface area (Å²) >= 11 is 5.15. The molecule has 1 atom stereocenters. The normalized spacial score (nSPS) is 15.0. The molecule has 0 spiro atoms. The molecule has 0 fully saturated rings. The van der Waals surface area contributed by atoms with E-state index in [0.29, 0.717) is 17.7 Å². The van der Waals surface area contributed by atoms with E-state index in [9.17, 15) is 17.8 Å². The summed E-state index contributed by atoms with van der Waals surface area (Å²) in [6.45, 7) is 12.7. The van der Waals surface area contributed by atoms with Crippen molar-refractivity contribution in [3.05, 3.63) is 121 Å². The van der Waals surface area contributed by atoms with Crippen LogP contribution in [0, 0.1) is 0 Å². The fraction of sp³-hybridized carbons (Fsp3) is 0.300. The fourth-order valence-corrected chi connectivity index (χ4v) is 10.1. The number of hydrogen-bond donors (Lipinski definition) is 0. The van der Waals surface area contributed by atoms with Crippen LogP contribution in [0.4, 0.5) is 5.69 Å². The molecule has 0 amide bonds. The number of benzene rings is 3. The van der Waals surface area contributed by atoms with Crippen molar-refractivity contribution in [1.82, 2.24) is 4.57 Å². The molecule has 0 bridgehead atoms. The van der Waals surface area contributed by atoms with Gasteiger partial charge in [-0.1, -0.05) is 90.7 Å². The van der Waals surface area contributed by atoms with E-state index in [0.717, 1.165) is 34.9 Å². The lowest BCUT2D eigenvalue weighted by atomic mass is 10.1. The van der Waals surface area contributed by atoms with Crippen molar-refractivity contribution in [2.75, 3.05) is 24.7 Å². The van der Waals surface area contributed by atoms with Crippen molar-refractivity contribution in [3.8, 4) is 21.7 Å². The number of hydrogen-bond acceptors (Lipinski definition) is 10. The third-order valence-corrected chi connectivity index (χ3v) is 12.2. The first-order valence-corrected chi connectivity index (χ1v) is 21.5. The van der Waals surface area contributed by atoms with Gasteiger partial charge in [-0.3, -0.25) is 13.5 Å². The van der Waals surface area contributed by atoms with E-state index in [-0.39, 0.29) is 17.5 Å². The Kier molecular flexibility index (Phi) is 14.3. The summed E-state index contributed by atoms with van der Waals surface area (Å²) in [6.07, 6.45) is 7.19. The molecule has 0 saturated carbocycles. The fourth-order valence-electron chi connectivity index (χ4n) is 6.03. The summed E-state index contributed by atoms with van der Waals surface area (Å²) in [5.74, 6) is 0.734. The number of allylic oxidation sites excluding steroid dienone is 1. The Balaban J connectivity index is 0.000000705. The minimum atomic E-state index is -4.42. The van der Waals surface area contributed by atoms with Gasteiger partial charge in [0.1, 0.15) is 27.2 Å². The second-order valence-electron chi connectivity index (χ2n) is 11.7. The van der Waals surface area contributed by atoms with E-state index in [1.54, 1.807) is 22.7 Å². The molecule has 53 heavy (non-hydrogen) atoms. The smallest absolute Gasteiger partial charge is 0.269 e. The van der Waals surface area contributed by atoms with Gasteiger partial charge in [0.2, 0.25) is 16.1 Å². The lowest BCUT2D eigenvalue weighted by Gasteiger charge is -2.23. The van der Waals surface area contributed by atoms with Gasteiger partial charge in [0, 0.05) is 29.6 Å². The van der Waals surface area contributed by atoms with Gasteiger partial charge >= 0.3 is 0 Å². The molecule has 3 heterocycles. The zero-order valence-electron chi connectivity index (χ0n) is 30.6. The van der Waals surface area contributed by atoms with E-state index in [1.165, 1.54) is 39.2 Å². The summed E-state index contributed by atoms with van der Waals surface area (Å²) in [6, 6.07) is 29.7. The Morgan fingerprint density at radius 3 is 2.13 bits per heavy atom. The summed E-state index contributed by atoms with van der Waals surface area (Å²) in [4.78, 5) is 18.8. The minimum Gasteiger partial charge on any atom is -0.726 e. The Bertz CT molecular complexity index is 2300. The zero-order chi connectivity index (χ0) is 38.0. The molecule has 9 nitrogen and oxygen atoms in total. The third-order valence-electron chi connectivity index (χ3n) is 8.21. The molecule has 2 aromatic heterocycles. The number of ether oxygens (including phenoxy) is 1. The largest absolute Gasteiger partial charge is 0.726 e. The van der Waals surface area contributed by atoms with Gasteiger partial charge in [-0.05, 0) is 70.0 Å². The Morgan fingerprint density at radius 2 is 1.55 bits per heavy atom. The molecule has 5 aromatic rings. The van der Waals surface area contributed by atoms with Crippen LogP contribution in [0.1, 0.15) is 46.0 Å². The monoisotopic (exact) mass is 791 g/mol. The highest BCUT2D eigenvalue weighted by Crippen LogP contribution is 2.44. The highest BCUT2D eigenvalue weighted by Gasteiger charge is 2.29. The number of para-hydroxylation sites is 1. The molecule has 0 saturated heterocycles. The van der Waals surface area contributed by atoms with Crippen molar-refractivity contribution >= 4 is 62.7 Å². The second-order valence-corrected chi connectivity index (χ2v) is 16.0. The van der Waals surface area contributed by atoms with Crippen molar-refractivity contribution in [3.63, 3.8) is 0 Å². The maximum absolute atomic E-state index is 13.9. The third kappa shape index (κ3) is 9.97. The average molecular weight is 792 g/mol. The maximum Gasteiger partial charge on any atom is 0.269 e. The average Bonchev–Trinajstić information content (AvgIpc) is 3.79. The van der Waals surface area contributed by atoms with E-state index in [1.807, 2.05) is 29.3 Å². The van der Waals surface area contributed by atoms with Gasteiger partial charge in [-0.15, -0.1) is 11.3 Å². The SMILES string of the molecule is CCCn1c(=O)/c(=C/C(=C/C2Sc3ccccc3N2CC)OCC)s/c1=C/c1sc(-c2ccccc2)c(-c2ccccc2)[n+]1CC.CCOS(=O)(=O)[O-]. The van der Waals surface area contributed by atoms with Crippen molar-refractivity contribution in [2.45, 2.75) is 64.4 Å². The Morgan fingerprint density at radius 1 is 0.887 bits per heavy atom. The molecule has 1 unspecified atom stereocenters. The van der Waals surface area contributed by atoms with Gasteiger partial charge in [-0.2, -0.15) is 4.57 Å². The number of thioether (sulfide) groups is 1. The minimum absolute atomic E-state index is 0.0320. The first kappa shape index (κ1) is 40.2. The first-order chi connectivity index (χ1) is 25.6. The molecule has 1 aliphatic heterocycles. The lowest BCUT2D eigenvalue weighted by molar-refractivity contribution is -0.679. The van der Waals surface area contributed by atoms with Gasteiger partial charge in [0.15, 0.2) is 0 Å². The van der Waals surface area contributed by atoms with E-state index in [4.69, 9.17) is 4.74 Å². The van der Waals surface area contributed by atoms with E-state index < -0.39 is 10.4 Å². The first-order valence-electron chi connectivity index (χ1n) is 17.7. The number of aromatic nitrogens is 2. The quantitative estimate of drug-likeness (QED) is 0.0544. The predicted octanol–water partition coefficient (Wildman–Crippen LogP) is 6.99. The van der Waals surface area contributed by atoms with Crippen LogP contribution in [0.15, 0.2) is 106 Å². The Hall–Kier alpha value is -3.98. The van der Waals surface area contributed by atoms with Crippen molar-refractivity contribution < 1.29 is 26.5 Å². The molecular weight excluding hydrogens is 747 g/mol. The molecule has 3 aromatic carbocycles. The molecule has 280 valence electrons. The number of fused-ring (bicyclic) bond motifs is 1. The molecule has 1 aliphatic rings. The predicted molar refractivity (Wildman–Crippen MR) is 217 cm³/mol. The summed E-state index contributed by atoms with van der Waals surface area (Å²) in [7, 11) is -4.42. The summed E-state index contributed by atoms with van der Waals surface area (Å²) < 4.78 is 44.1. The molecule has 13 heteroatoms. The highest BCUT2D eigenvalue weighted by atomic mass is 32.3. The van der Waals surface area contributed by atoms with E-state index in [2.05, 4.69) is 132 Å². The van der Waals surface area contributed by atoms with Gasteiger partial charge < -0.3 is 14.2 Å². The number of thiazole rings is 2. The van der Waals surface area contributed by atoms with Gasteiger partial charge in [-0.25, -0.2) is 8.42 Å². The Labute approximate surface area is 324 Å². The molecule has 0 radical (unpaired) electrons. The maximum atomic E-state index is 13.9. The van der Waals surface area contributed by atoms with Crippen LogP contribution in [0.3, 0.4) is 0 Å². The van der Waals surface area contributed by atoms with Crippen LogP contribution < -0.4 is 24.2 Å². The molecule has 6 rings (SSSR count). The number of nitrogens with zero attached hydrogens (tertiary/aromatic N) is 3. The number of likely N-dealkylation sites (N-methyl/N-ethyl adjacent to an activating group) is 1. The van der Waals surface area contributed by atoms with E-state index >= 15 is 0 Å². The van der Waals surface area contributed by atoms with Crippen molar-refractivity contribution in [2.24, 2.45) is 0 Å². The van der Waals surface area contributed by atoms with Gasteiger partial charge in [0.05, 0.1) is 29.5 Å². The highest BCUT2D eigenvalue weighted by molar-refractivity contribution is 8.00. The van der Waals surface area contributed by atoms with Crippen LogP contribution in [-0.2, 0) is 32.4 Å². The number of rotatable bonds is 13. The zero-order valence-corrected chi connectivity index (χ0v) is 33.8. The molecule has 0 aliphatic carbocycles. The summed E-state index contributed by atoms with van der Waals surface area (Å²) in [5.41, 5.74) is 4.86. The lowest BCUT2D eigenvalue weighted by Crippen LogP contribution is -2.37. The molecule has 0 N–H and O–H groups in total. The number of anilines is 1. The van der Waals surface area contributed by atoms with Gasteiger partial charge in [0.25, 0.3) is 10.6 Å². The van der Waals surface area contributed by atoms with Crippen LogP contribution in [0.5, 0.6) is 0 Å². The second kappa shape index (κ2) is 18.9. The van der Waals surface area contributed by atoms with Crippen LogP contribution in [-0.4, -0.2) is 42.7 Å². The molecular formula is C40H45N3O6S4. The van der Waals surface area contributed by atoms with Crippen LogP contribution in [0.2, 0.25) is 0 Å². The topological polar surface area (TPSA) is 105 Å². The summed E-state index contributed by atoms with van der Waals surface area (Å²) in [5, 5.41) is 1.23. The van der Waals surface area contributed by atoms with Crippen molar-refractivity contribution in [1.29, 1.82) is 0 Å². The van der Waals surface area contributed by atoms with Crippen LogP contribution in [0.25, 0.3) is 33.9 Å². The standard InChI is InChI=1S/C38H40N3O2S3.C2H6O4S/c1-5-23-41-35(26-34-40(7-3)36(27-17-11-9-12-18-27)37(46-34)28-19-13-10-14-20-28)45-32(38(41)42)24-29(43-8-4)25-33-39(6-2)30-21-15-16-22-31(30)44-33;1-2-6-7(3,4)5/h9-22,24-26,33H,5-8,23H2,1-4H3;2H2,1H3,(H,3,4,5)/q+1;/p-1/b29-25-,32-24-;.